The lowest BCUT2D eigenvalue weighted by Gasteiger charge is -2.23. The first-order valence-electron chi connectivity index (χ1n) is 7.06. The van der Waals surface area contributed by atoms with E-state index in [2.05, 4.69) is 37.1 Å². The predicted molar refractivity (Wildman–Crippen MR) is 87.6 cm³/mol. The summed E-state index contributed by atoms with van der Waals surface area (Å²) in [5.41, 5.74) is 2.26. The molecule has 3 rings (SSSR count). The lowest BCUT2D eigenvalue weighted by molar-refractivity contribution is 0.592. The molecule has 4 nitrogen and oxygen atoms in total. The molecule has 1 aliphatic rings. The van der Waals surface area contributed by atoms with Gasteiger partial charge in [0.2, 0.25) is 0 Å². The number of hydrogen-bond donors (Lipinski definition) is 1. The van der Waals surface area contributed by atoms with Gasteiger partial charge in [-0.2, -0.15) is 0 Å². The van der Waals surface area contributed by atoms with Gasteiger partial charge in [0.1, 0.15) is 5.82 Å². The first-order chi connectivity index (χ1) is 9.95. The molecule has 0 fully saturated rings. The topological polar surface area (TPSA) is 46.9 Å². The molecule has 0 unspecified atom stereocenters. The number of thioether (sulfide) groups is 1. The Balaban J connectivity index is 1.99. The maximum Gasteiger partial charge on any atom is 0.256 e. The third-order valence-electron chi connectivity index (χ3n) is 3.52. The normalized spacial score (nSPS) is 14.0. The summed E-state index contributed by atoms with van der Waals surface area (Å²) in [6, 6.07) is 9.74. The molecular formula is C16H19N3OS. The smallest absolute Gasteiger partial charge is 0.256 e. The Hall–Kier alpha value is -1.75. The van der Waals surface area contributed by atoms with Crippen LogP contribution in [0.15, 0.2) is 40.3 Å². The van der Waals surface area contributed by atoms with Gasteiger partial charge in [0, 0.05) is 24.1 Å². The van der Waals surface area contributed by atoms with Gasteiger partial charge < -0.3 is 5.32 Å². The van der Waals surface area contributed by atoms with E-state index in [1.807, 2.05) is 18.2 Å². The molecule has 0 saturated carbocycles. The Morgan fingerprint density at radius 2 is 2.05 bits per heavy atom. The molecule has 1 N–H and O–H groups in total. The van der Waals surface area contributed by atoms with E-state index < -0.39 is 0 Å². The molecule has 0 radical (unpaired) electrons. The van der Waals surface area contributed by atoms with E-state index in [9.17, 15) is 4.79 Å². The van der Waals surface area contributed by atoms with Gasteiger partial charge in [-0.15, -0.1) is 0 Å². The first-order valence-corrected chi connectivity index (χ1v) is 8.05. The molecule has 0 aliphatic carbocycles. The molecule has 0 bridgehead atoms. The van der Waals surface area contributed by atoms with E-state index in [1.54, 1.807) is 22.4 Å². The lowest BCUT2D eigenvalue weighted by atomic mass is 9.86. The molecule has 0 spiro atoms. The van der Waals surface area contributed by atoms with Crippen LogP contribution >= 0.6 is 11.8 Å². The number of rotatable bonds is 2. The molecule has 2 heterocycles. The number of anilines is 2. The summed E-state index contributed by atoms with van der Waals surface area (Å²) in [6.45, 7) is 7.28. The van der Waals surface area contributed by atoms with E-state index >= 15 is 0 Å². The van der Waals surface area contributed by atoms with Crippen molar-refractivity contribution < 1.29 is 0 Å². The second-order valence-electron chi connectivity index (χ2n) is 6.18. The van der Waals surface area contributed by atoms with E-state index in [4.69, 9.17) is 0 Å². The molecule has 0 saturated heterocycles. The number of fused-ring (bicyclic) bond motifs is 1. The summed E-state index contributed by atoms with van der Waals surface area (Å²) >= 11 is 1.63. The third-order valence-corrected chi connectivity index (χ3v) is 4.47. The Bertz CT molecular complexity index is 731. The van der Waals surface area contributed by atoms with Gasteiger partial charge in [-0.3, -0.25) is 9.36 Å². The van der Waals surface area contributed by atoms with Crippen molar-refractivity contribution in [2.24, 2.45) is 0 Å². The lowest BCUT2D eigenvalue weighted by Crippen LogP contribution is -2.20. The van der Waals surface area contributed by atoms with Crippen molar-refractivity contribution in [3.8, 4) is 0 Å². The van der Waals surface area contributed by atoms with E-state index in [1.165, 1.54) is 5.56 Å². The van der Waals surface area contributed by atoms with Gasteiger partial charge >= 0.3 is 0 Å². The zero-order valence-corrected chi connectivity index (χ0v) is 13.3. The summed E-state index contributed by atoms with van der Waals surface area (Å²) in [4.78, 5) is 16.6. The number of hydrogen-bond acceptors (Lipinski definition) is 4. The Morgan fingerprint density at radius 3 is 2.81 bits per heavy atom. The zero-order chi connectivity index (χ0) is 15.0. The minimum absolute atomic E-state index is 0.0146. The summed E-state index contributed by atoms with van der Waals surface area (Å²) < 4.78 is 1.73. The molecule has 110 valence electrons. The van der Waals surface area contributed by atoms with Gasteiger partial charge in [-0.1, -0.05) is 50.7 Å². The molecule has 21 heavy (non-hydrogen) atoms. The van der Waals surface area contributed by atoms with Crippen LogP contribution in [0.25, 0.3) is 0 Å². The van der Waals surface area contributed by atoms with Crippen molar-refractivity contribution in [1.29, 1.82) is 0 Å². The molecule has 0 atom stereocenters. The van der Waals surface area contributed by atoms with Gasteiger partial charge in [-0.25, -0.2) is 4.98 Å². The highest BCUT2D eigenvalue weighted by atomic mass is 32.2. The van der Waals surface area contributed by atoms with Crippen LogP contribution < -0.4 is 10.9 Å². The quantitative estimate of drug-likeness (QED) is 0.864. The SMILES string of the molecule is CC(C)(C)c1ccccc1Nc1cc(=O)n2c(n1)SCC2. The van der Waals surface area contributed by atoms with Crippen molar-refractivity contribution in [3.63, 3.8) is 0 Å². The van der Waals surface area contributed by atoms with Gasteiger partial charge in [0.25, 0.3) is 5.56 Å². The monoisotopic (exact) mass is 301 g/mol. The number of para-hydroxylation sites is 1. The molecular weight excluding hydrogens is 282 g/mol. The Labute approximate surface area is 128 Å². The highest BCUT2D eigenvalue weighted by Gasteiger charge is 2.19. The van der Waals surface area contributed by atoms with E-state index in [0.717, 1.165) is 23.1 Å². The highest BCUT2D eigenvalue weighted by Crippen LogP contribution is 2.31. The van der Waals surface area contributed by atoms with Crippen LogP contribution in [0.3, 0.4) is 0 Å². The van der Waals surface area contributed by atoms with Crippen LogP contribution in [0.4, 0.5) is 11.5 Å². The largest absolute Gasteiger partial charge is 0.340 e. The number of benzene rings is 1. The highest BCUT2D eigenvalue weighted by molar-refractivity contribution is 7.99. The average molecular weight is 301 g/mol. The van der Waals surface area contributed by atoms with Gasteiger partial charge in [-0.05, 0) is 17.0 Å². The van der Waals surface area contributed by atoms with Crippen molar-refractivity contribution in [2.75, 3.05) is 11.1 Å². The van der Waals surface area contributed by atoms with Crippen molar-refractivity contribution in [3.05, 3.63) is 46.2 Å². The fourth-order valence-electron chi connectivity index (χ4n) is 2.48. The maximum atomic E-state index is 12.1. The summed E-state index contributed by atoms with van der Waals surface area (Å²) in [6.07, 6.45) is 0. The van der Waals surface area contributed by atoms with Crippen molar-refractivity contribution >= 4 is 23.3 Å². The minimum Gasteiger partial charge on any atom is -0.340 e. The summed E-state index contributed by atoms with van der Waals surface area (Å²) in [7, 11) is 0. The summed E-state index contributed by atoms with van der Waals surface area (Å²) in [5.74, 6) is 1.54. The van der Waals surface area contributed by atoms with Crippen LogP contribution in [0.5, 0.6) is 0 Å². The van der Waals surface area contributed by atoms with Crippen LogP contribution in [0.1, 0.15) is 26.3 Å². The standard InChI is InChI=1S/C16H19N3OS/c1-16(2,3)11-6-4-5-7-12(11)17-13-10-14(20)19-8-9-21-15(19)18-13/h4-7,10,17H,8-9H2,1-3H3. The number of nitrogens with zero attached hydrogens (tertiary/aromatic N) is 2. The number of nitrogens with one attached hydrogen (secondary N) is 1. The molecule has 1 aromatic carbocycles. The van der Waals surface area contributed by atoms with Crippen molar-refractivity contribution in [1.82, 2.24) is 9.55 Å². The predicted octanol–water partition coefficient (Wildman–Crippen LogP) is 3.39. The van der Waals surface area contributed by atoms with E-state index in [-0.39, 0.29) is 11.0 Å². The molecule has 5 heteroatoms. The Kier molecular flexibility index (Phi) is 3.53. The molecule has 1 aliphatic heterocycles. The van der Waals surface area contributed by atoms with Crippen LogP contribution in [-0.2, 0) is 12.0 Å². The van der Waals surface area contributed by atoms with Crippen LogP contribution in [0, 0.1) is 0 Å². The van der Waals surface area contributed by atoms with E-state index in [0.29, 0.717) is 5.82 Å². The zero-order valence-electron chi connectivity index (χ0n) is 12.5. The summed E-state index contributed by atoms with van der Waals surface area (Å²) in [5, 5.41) is 4.12. The average Bonchev–Trinajstić information content (AvgIpc) is 2.87. The van der Waals surface area contributed by atoms with Crippen molar-refractivity contribution in [2.45, 2.75) is 37.9 Å². The first kappa shape index (κ1) is 14.2. The second-order valence-corrected chi connectivity index (χ2v) is 7.24. The molecule has 0 amide bonds. The minimum atomic E-state index is 0.0146. The van der Waals surface area contributed by atoms with Gasteiger partial charge in [0.05, 0.1) is 0 Å². The maximum absolute atomic E-state index is 12.1. The molecule has 1 aromatic heterocycles. The fraction of sp³-hybridized carbons (Fsp3) is 0.375. The number of aromatic nitrogens is 2. The Morgan fingerprint density at radius 1 is 1.29 bits per heavy atom. The van der Waals surface area contributed by atoms with Gasteiger partial charge in [0.15, 0.2) is 5.16 Å². The molecule has 2 aromatic rings. The second kappa shape index (κ2) is 5.22. The fourth-order valence-corrected chi connectivity index (χ4v) is 3.43. The van der Waals surface area contributed by atoms with Crippen LogP contribution in [-0.4, -0.2) is 15.3 Å². The third kappa shape index (κ3) is 2.83. The van der Waals surface area contributed by atoms with Crippen LogP contribution in [0.2, 0.25) is 0 Å².